The van der Waals surface area contributed by atoms with E-state index in [-0.39, 0.29) is 10.3 Å². The summed E-state index contributed by atoms with van der Waals surface area (Å²) < 4.78 is 39.5. The molecule has 6 heteroatoms. The summed E-state index contributed by atoms with van der Waals surface area (Å²) in [7, 11) is -2.02. The molecule has 0 radical (unpaired) electrons. The first-order valence-electron chi connectivity index (χ1n) is 9.37. The van der Waals surface area contributed by atoms with Crippen LogP contribution in [0.5, 0.6) is 11.5 Å². The fourth-order valence-electron chi connectivity index (χ4n) is 3.82. The van der Waals surface area contributed by atoms with E-state index >= 15 is 0 Å². The minimum absolute atomic E-state index is 0.181. The molecular formula is C21H27NO4S. The Morgan fingerprint density at radius 1 is 1.04 bits per heavy atom. The molecule has 1 N–H and O–H groups in total. The summed E-state index contributed by atoms with van der Waals surface area (Å²) in [6.07, 6.45) is 4.14. The molecule has 146 valence electrons. The fraction of sp³-hybridized carbons (Fsp3) is 0.429. The third-order valence-corrected chi connectivity index (χ3v) is 6.74. The van der Waals surface area contributed by atoms with Gasteiger partial charge in [0.2, 0.25) is 10.0 Å². The lowest BCUT2D eigenvalue weighted by atomic mass is 9.79. The topological polar surface area (TPSA) is 64.6 Å². The summed E-state index contributed by atoms with van der Waals surface area (Å²) in [5, 5.41) is 0. The summed E-state index contributed by atoms with van der Waals surface area (Å²) in [6, 6.07) is 14.7. The summed E-state index contributed by atoms with van der Waals surface area (Å²) >= 11 is 0. The molecule has 0 atom stereocenters. The van der Waals surface area contributed by atoms with Crippen LogP contribution in [0, 0.1) is 0 Å². The molecule has 0 bridgehead atoms. The van der Waals surface area contributed by atoms with Crippen molar-refractivity contribution in [2.24, 2.45) is 0 Å². The van der Waals surface area contributed by atoms with Gasteiger partial charge in [0, 0.05) is 12.0 Å². The van der Waals surface area contributed by atoms with Gasteiger partial charge in [0.05, 0.1) is 13.7 Å². The van der Waals surface area contributed by atoms with Crippen LogP contribution in [0.3, 0.4) is 0 Å². The Balaban J connectivity index is 1.83. The van der Waals surface area contributed by atoms with E-state index in [1.54, 1.807) is 31.4 Å². The molecule has 1 saturated carbocycles. The van der Waals surface area contributed by atoms with Crippen molar-refractivity contribution in [2.75, 3.05) is 20.3 Å². The first kappa shape index (κ1) is 19.7. The number of para-hydroxylation sites is 1. The maximum Gasteiger partial charge on any atom is 0.244 e. The Labute approximate surface area is 161 Å². The van der Waals surface area contributed by atoms with E-state index in [4.69, 9.17) is 9.47 Å². The zero-order valence-corrected chi connectivity index (χ0v) is 16.7. The smallest absolute Gasteiger partial charge is 0.244 e. The van der Waals surface area contributed by atoms with E-state index in [0.717, 1.165) is 37.0 Å². The molecule has 0 unspecified atom stereocenters. The van der Waals surface area contributed by atoms with Crippen LogP contribution in [-0.2, 0) is 15.4 Å². The Morgan fingerprint density at radius 3 is 2.33 bits per heavy atom. The maximum absolute atomic E-state index is 12.9. The van der Waals surface area contributed by atoms with E-state index in [1.165, 1.54) is 0 Å². The SMILES string of the molecule is CCOc1ccccc1S(=O)(=O)NCC1(c2ccc(OC)cc2)CCCC1. The van der Waals surface area contributed by atoms with Crippen molar-refractivity contribution < 1.29 is 17.9 Å². The molecule has 27 heavy (non-hydrogen) atoms. The summed E-state index contributed by atoms with van der Waals surface area (Å²) in [4.78, 5) is 0.190. The highest BCUT2D eigenvalue weighted by atomic mass is 32.2. The van der Waals surface area contributed by atoms with Crippen molar-refractivity contribution >= 4 is 10.0 Å². The van der Waals surface area contributed by atoms with Crippen LogP contribution in [0.25, 0.3) is 0 Å². The van der Waals surface area contributed by atoms with Crippen molar-refractivity contribution in [1.29, 1.82) is 0 Å². The molecule has 0 aromatic heterocycles. The summed E-state index contributed by atoms with van der Waals surface area (Å²) in [6.45, 7) is 2.64. The van der Waals surface area contributed by atoms with Gasteiger partial charge in [-0.2, -0.15) is 0 Å². The van der Waals surface area contributed by atoms with Gasteiger partial charge in [-0.05, 0) is 49.6 Å². The van der Waals surface area contributed by atoms with Gasteiger partial charge in [-0.1, -0.05) is 37.1 Å². The van der Waals surface area contributed by atoms with E-state index in [1.807, 2.05) is 31.2 Å². The molecule has 0 heterocycles. The van der Waals surface area contributed by atoms with Crippen LogP contribution in [0.4, 0.5) is 0 Å². The maximum atomic E-state index is 12.9. The Kier molecular flexibility index (Phi) is 6.07. The van der Waals surface area contributed by atoms with Gasteiger partial charge in [-0.25, -0.2) is 13.1 Å². The zero-order chi connectivity index (χ0) is 19.3. The average molecular weight is 390 g/mol. The molecule has 1 aliphatic carbocycles. The lowest BCUT2D eigenvalue weighted by Crippen LogP contribution is -2.39. The van der Waals surface area contributed by atoms with Crippen molar-refractivity contribution in [3.8, 4) is 11.5 Å². The number of hydrogen-bond acceptors (Lipinski definition) is 4. The number of methoxy groups -OCH3 is 1. The van der Waals surface area contributed by atoms with Gasteiger partial charge < -0.3 is 9.47 Å². The van der Waals surface area contributed by atoms with E-state index < -0.39 is 10.0 Å². The highest BCUT2D eigenvalue weighted by molar-refractivity contribution is 7.89. The number of sulfonamides is 1. The standard InChI is InChI=1S/C21H27NO4S/c1-3-26-19-8-4-5-9-20(19)27(23,24)22-16-21(14-6-7-15-21)17-10-12-18(25-2)13-11-17/h4-5,8-13,22H,3,6-7,14-16H2,1-2H3. The molecule has 3 rings (SSSR count). The Hall–Kier alpha value is -2.05. The van der Waals surface area contributed by atoms with Crippen LogP contribution in [0.15, 0.2) is 53.4 Å². The van der Waals surface area contributed by atoms with Crippen LogP contribution >= 0.6 is 0 Å². The molecule has 5 nitrogen and oxygen atoms in total. The largest absolute Gasteiger partial charge is 0.497 e. The fourth-order valence-corrected chi connectivity index (χ4v) is 5.09. The molecule has 0 spiro atoms. The van der Waals surface area contributed by atoms with Gasteiger partial charge in [-0.15, -0.1) is 0 Å². The summed E-state index contributed by atoms with van der Waals surface area (Å²) in [5.41, 5.74) is 0.974. The van der Waals surface area contributed by atoms with Gasteiger partial charge in [0.1, 0.15) is 16.4 Å². The number of benzene rings is 2. The second-order valence-electron chi connectivity index (χ2n) is 6.92. The van der Waals surface area contributed by atoms with Gasteiger partial charge in [0.25, 0.3) is 0 Å². The van der Waals surface area contributed by atoms with Gasteiger partial charge >= 0.3 is 0 Å². The monoisotopic (exact) mass is 389 g/mol. The van der Waals surface area contributed by atoms with Crippen LogP contribution in [0.2, 0.25) is 0 Å². The lowest BCUT2D eigenvalue weighted by Gasteiger charge is -2.30. The molecule has 0 saturated heterocycles. The van der Waals surface area contributed by atoms with Crippen molar-refractivity contribution in [1.82, 2.24) is 4.72 Å². The zero-order valence-electron chi connectivity index (χ0n) is 15.9. The molecule has 1 aliphatic rings. The molecule has 1 fully saturated rings. The molecule has 0 amide bonds. The number of nitrogens with one attached hydrogen (secondary N) is 1. The predicted molar refractivity (Wildman–Crippen MR) is 106 cm³/mol. The third kappa shape index (κ3) is 4.28. The predicted octanol–water partition coefficient (Wildman–Crippen LogP) is 3.88. The first-order chi connectivity index (χ1) is 13.0. The summed E-state index contributed by atoms with van der Waals surface area (Å²) in [5.74, 6) is 1.19. The van der Waals surface area contributed by atoms with Crippen LogP contribution < -0.4 is 14.2 Å². The highest BCUT2D eigenvalue weighted by Gasteiger charge is 2.37. The molecule has 0 aliphatic heterocycles. The normalized spacial score (nSPS) is 16.2. The molecular weight excluding hydrogens is 362 g/mol. The second-order valence-corrected chi connectivity index (χ2v) is 8.66. The first-order valence-corrected chi connectivity index (χ1v) is 10.8. The molecule has 2 aromatic rings. The third-order valence-electron chi connectivity index (χ3n) is 5.30. The lowest BCUT2D eigenvalue weighted by molar-refractivity contribution is 0.330. The van der Waals surface area contributed by atoms with E-state index in [2.05, 4.69) is 4.72 Å². The second kappa shape index (κ2) is 8.31. The van der Waals surface area contributed by atoms with Crippen molar-refractivity contribution in [3.63, 3.8) is 0 Å². The number of ether oxygens (including phenoxy) is 2. The quantitative estimate of drug-likeness (QED) is 0.744. The van der Waals surface area contributed by atoms with Gasteiger partial charge in [-0.3, -0.25) is 0 Å². The average Bonchev–Trinajstić information content (AvgIpc) is 3.17. The number of rotatable bonds is 8. The minimum atomic E-state index is -3.66. The highest BCUT2D eigenvalue weighted by Crippen LogP contribution is 2.41. The molecule has 2 aromatic carbocycles. The van der Waals surface area contributed by atoms with Crippen molar-refractivity contribution in [3.05, 3.63) is 54.1 Å². The van der Waals surface area contributed by atoms with Gasteiger partial charge in [0.15, 0.2) is 0 Å². The number of hydrogen-bond donors (Lipinski definition) is 1. The van der Waals surface area contributed by atoms with Crippen LogP contribution in [-0.4, -0.2) is 28.7 Å². The van der Waals surface area contributed by atoms with E-state index in [9.17, 15) is 8.42 Å². The van der Waals surface area contributed by atoms with Crippen molar-refractivity contribution in [2.45, 2.75) is 42.9 Å². The van der Waals surface area contributed by atoms with E-state index in [0.29, 0.717) is 18.9 Å². The Morgan fingerprint density at radius 2 is 1.70 bits per heavy atom. The Bertz CT molecular complexity index is 856. The van der Waals surface area contributed by atoms with Crippen LogP contribution in [0.1, 0.15) is 38.2 Å². The minimum Gasteiger partial charge on any atom is -0.497 e.